The zero-order chi connectivity index (χ0) is 13.1. The minimum atomic E-state index is -4.47. The van der Waals surface area contributed by atoms with Gasteiger partial charge in [-0.15, -0.1) is 0 Å². The first kappa shape index (κ1) is 14.2. The average Bonchev–Trinajstić information content (AvgIpc) is 2.63. The van der Waals surface area contributed by atoms with Crippen molar-refractivity contribution in [1.29, 1.82) is 0 Å². The average molecular weight is 254 g/mol. The van der Waals surface area contributed by atoms with Crippen molar-refractivity contribution in [2.24, 2.45) is 5.73 Å². The lowest BCUT2D eigenvalue weighted by molar-refractivity contribution is -0.165. The van der Waals surface area contributed by atoms with E-state index in [1.54, 1.807) is 0 Å². The van der Waals surface area contributed by atoms with Crippen molar-refractivity contribution in [2.45, 2.75) is 37.4 Å². The van der Waals surface area contributed by atoms with Crippen molar-refractivity contribution in [3.63, 3.8) is 0 Å². The molecule has 0 aromatic carbocycles. The molecule has 4 nitrogen and oxygen atoms in total. The summed E-state index contributed by atoms with van der Waals surface area (Å²) in [7, 11) is 0. The van der Waals surface area contributed by atoms with E-state index in [2.05, 4.69) is 0 Å². The highest BCUT2D eigenvalue weighted by Crippen LogP contribution is 2.30. The molecular weight excluding hydrogens is 237 g/mol. The van der Waals surface area contributed by atoms with Gasteiger partial charge in [-0.1, -0.05) is 12.8 Å². The molecule has 100 valence electrons. The second-order valence-corrected chi connectivity index (χ2v) is 4.43. The number of nitrogens with zero attached hydrogens (tertiary/aromatic N) is 1. The van der Waals surface area contributed by atoms with Crippen LogP contribution in [-0.4, -0.2) is 47.3 Å². The van der Waals surface area contributed by atoms with Crippen molar-refractivity contribution < 1.29 is 23.1 Å². The smallest absolute Gasteiger partial charge is 0.395 e. The summed E-state index contributed by atoms with van der Waals surface area (Å²) in [6.07, 6.45) is -2.15. The van der Waals surface area contributed by atoms with Gasteiger partial charge in [-0.25, -0.2) is 0 Å². The highest BCUT2D eigenvalue weighted by Gasteiger charge is 2.42. The van der Waals surface area contributed by atoms with Crippen LogP contribution in [0.15, 0.2) is 0 Å². The number of aliphatic hydroxyl groups is 1. The number of hydrogen-bond acceptors (Lipinski definition) is 3. The van der Waals surface area contributed by atoms with Crippen LogP contribution >= 0.6 is 0 Å². The molecular formula is C10H17F3N2O2. The van der Waals surface area contributed by atoms with Gasteiger partial charge in [-0.3, -0.25) is 4.79 Å². The van der Waals surface area contributed by atoms with Crippen LogP contribution in [0.5, 0.6) is 0 Å². The second-order valence-electron chi connectivity index (χ2n) is 4.43. The Morgan fingerprint density at radius 1 is 1.35 bits per heavy atom. The van der Waals surface area contributed by atoms with Crippen LogP contribution in [0.25, 0.3) is 0 Å². The predicted molar refractivity (Wildman–Crippen MR) is 55.1 cm³/mol. The zero-order valence-electron chi connectivity index (χ0n) is 9.46. The Hall–Kier alpha value is -0.820. The van der Waals surface area contributed by atoms with E-state index in [-0.39, 0.29) is 6.54 Å². The fourth-order valence-corrected chi connectivity index (χ4v) is 2.12. The first-order valence-electron chi connectivity index (χ1n) is 5.54. The molecule has 1 amide bonds. The van der Waals surface area contributed by atoms with Crippen molar-refractivity contribution in [3.8, 4) is 0 Å². The summed E-state index contributed by atoms with van der Waals surface area (Å²) in [6, 6.07) is 0. The van der Waals surface area contributed by atoms with Gasteiger partial charge < -0.3 is 15.7 Å². The molecule has 0 unspecified atom stereocenters. The third kappa shape index (κ3) is 3.85. The molecule has 0 heterocycles. The maximum absolute atomic E-state index is 12.3. The monoisotopic (exact) mass is 254 g/mol. The molecule has 0 saturated heterocycles. The Labute approximate surface area is 97.6 Å². The number of hydrogen-bond donors (Lipinski definition) is 2. The van der Waals surface area contributed by atoms with E-state index in [0.29, 0.717) is 17.7 Å². The van der Waals surface area contributed by atoms with Gasteiger partial charge in [0.15, 0.2) is 0 Å². The Kier molecular flexibility index (Phi) is 4.37. The first-order valence-corrected chi connectivity index (χ1v) is 5.54. The Morgan fingerprint density at radius 3 is 2.29 bits per heavy atom. The Balaban J connectivity index is 2.72. The lowest BCUT2D eigenvalue weighted by Crippen LogP contribution is -2.56. The van der Waals surface area contributed by atoms with Gasteiger partial charge in [0.25, 0.3) is 0 Å². The van der Waals surface area contributed by atoms with Crippen molar-refractivity contribution in [1.82, 2.24) is 4.90 Å². The summed E-state index contributed by atoms with van der Waals surface area (Å²) in [5, 5.41) is 8.71. The molecule has 3 N–H and O–H groups in total. The molecule has 0 aromatic heterocycles. The van der Waals surface area contributed by atoms with Crippen molar-refractivity contribution in [2.75, 3.05) is 19.7 Å². The van der Waals surface area contributed by atoms with Crippen LogP contribution in [-0.2, 0) is 4.79 Å². The van der Waals surface area contributed by atoms with Crippen LogP contribution in [0, 0.1) is 0 Å². The van der Waals surface area contributed by atoms with Crippen LogP contribution < -0.4 is 5.73 Å². The summed E-state index contributed by atoms with van der Waals surface area (Å²) in [6.45, 7) is -2.19. The van der Waals surface area contributed by atoms with Crippen molar-refractivity contribution in [3.05, 3.63) is 0 Å². The third-order valence-corrected chi connectivity index (χ3v) is 2.95. The second kappa shape index (κ2) is 5.22. The number of nitrogens with two attached hydrogens (primary N) is 1. The van der Waals surface area contributed by atoms with E-state index < -0.39 is 30.8 Å². The number of rotatable bonds is 4. The van der Waals surface area contributed by atoms with Gasteiger partial charge in [0.05, 0.1) is 12.1 Å². The summed E-state index contributed by atoms with van der Waals surface area (Å²) in [4.78, 5) is 12.5. The van der Waals surface area contributed by atoms with Gasteiger partial charge in [0.1, 0.15) is 6.54 Å². The van der Waals surface area contributed by atoms with Crippen molar-refractivity contribution >= 4 is 5.91 Å². The van der Waals surface area contributed by atoms with E-state index in [4.69, 9.17) is 10.8 Å². The quantitative estimate of drug-likeness (QED) is 0.773. The van der Waals surface area contributed by atoms with Gasteiger partial charge in [0, 0.05) is 6.54 Å². The SMILES string of the molecule is NC1(C(=O)N(CCO)CC(F)(F)F)CCCC1. The van der Waals surface area contributed by atoms with Gasteiger partial charge in [0.2, 0.25) is 5.91 Å². The predicted octanol–water partition coefficient (Wildman–Crippen LogP) is 0.641. The highest BCUT2D eigenvalue weighted by molar-refractivity contribution is 5.86. The maximum atomic E-state index is 12.3. The molecule has 1 aliphatic carbocycles. The number of carbonyl (C=O) groups excluding carboxylic acids is 1. The highest BCUT2D eigenvalue weighted by atomic mass is 19.4. The topological polar surface area (TPSA) is 66.6 Å². The molecule has 0 radical (unpaired) electrons. The molecule has 7 heteroatoms. The fraction of sp³-hybridized carbons (Fsp3) is 0.900. The van der Waals surface area contributed by atoms with E-state index >= 15 is 0 Å². The van der Waals surface area contributed by atoms with Crippen LogP contribution in [0.3, 0.4) is 0 Å². The standard InChI is InChI=1S/C10H17F3N2O2/c11-10(12,13)7-15(5-6-16)8(17)9(14)3-1-2-4-9/h16H,1-7,14H2. The van der Waals surface area contributed by atoms with Crippen LogP contribution in [0.4, 0.5) is 13.2 Å². The molecule has 1 aliphatic rings. The number of amides is 1. The summed E-state index contributed by atoms with van der Waals surface area (Å²) >= 11 is 0. The molecule has 1 fully saturated rings. The minimum absolute atomic E-state index is 0.336. The molecule has 0 aliphatic heterocycles. The van der Waals surface area contributed by atoms with Crippen LogP contribution in [0.2, 0.25) is 0 Å². The lowest BCUT2D eigenvalue weighted by atomic mass is 9.97. The fourth-order valence-electron chi connectivity index (χ4n) is 2.12. The Bertz CT molecular complexity index is 275. The maximum Gasteiger partial charge on any atom is 0.406 e. The van der Waals surface area contributed by atoms with E-state index in [1.165, 1.54) is 0 Å². The molecule has 0 aromatic rings. The van der Waals surface area contributed by atoms with Gasteiger partial charge in [-0.05, 0) is 12.8 Å². The summed E-state index contributed by atoms with van der Waals surface area (Å²) in [5.41, 5.74) is 4.63. The van der Waals surface area contributed by atoms with E-state index in [1.807, 2.05) is 0 Å². The Morgan fingerprint density at radius 2 is 1.88 bits per heavy atom. The number of aliphatic hydroxyl groups excluding tert-OH is 1. The van der Waals surface area contributed by atoms with E-state index in [9.17, 15) is 18.0 Å². The first-order chi connectivity index (χ1) is 7.78. The molecule has 0 atom stereocenters. The third-order valence-electron chi connectivity index (χ3n) is 2.95. The number of halogens is 3. The molecule has 1 saturated carbocycles. The number of alkyl halides is 3. The molecule has 1 rings (SSSR count). The normalized spacial score (nSPS) is 19.4. The summed E-state index contributed by atoms with van der Waals surface area (Å²) < 4.78 is 36.9. The van der Waals surface area contributed by atoms with Gasteiger partial charge in [-0.2, -0.15) is 13.2 Å². The molecule has 0 bridgehead atoms. The largest absolute Gasteiger partial charge is 0.406 e. The van der Waals surface area contributed by atoms with Crippen LogP contribution in [0.1, 0.15) is 25.7 Å². The van der Waals surface area contributed by atoms with Gasteiger partial charge >= 0.3 is 6.18 Å². The summed E-state index contributed by atoms with van der Waals surface area (Å²) in [5.74, 6) is -0.707. The van der Waals surface area contributed by atoms with E-state index in [0.717, 1.165) is 12.8 Å². The molecule has 0 spiro atoms. The minimum Gasteiger partial charge on any atom is -0.395 e. The molecule has 17 heavy (non-hydrogen) atoms. The lowest BCUT2D eigenvalue weighted by Gasteiger charge is -2.31. The number of carbonyl (C=O) groups is 1. The zero-order valence-corrected chi connectivity index (χ0v) is 9.46.